The number of morpholine rings is 1. The van der Waals surface area contributed by atoms with Gasteiger partial charge in [0.05, 0.1) is 18.9 Å². The minimum atomic E-state index is 0.690. The Morgan fingerprint density at radius 1 is 1.16 bits per heavy atom. The summed E-state index contributed by atoms with van der Waals surface area (Å²) in [5, 5.41) is 11.2. The van der Waals surface area contributed by atoms with E-state index in [1.165, 1.54) is 5.69 Å². The number of aromatic nitrogens is 2. The number of hydrogen-bond donors (Lipinski definition) is 2. The van der Waals surface area contributed by atoms with E-state index in [9.17, 15) is 0 Å². The van der Waals surface area contributed by atoms with Crippen molar-refractivity contribution in [3.8, 4) is 5.75 Å². The van der Waals surface area contributed by atoms with E-state index in [1.54, 1.807) is 7.05 Å². The summed E-state index contributed by atoms with van der Waals surface area (Å²) >= 11 is 0. The number of nitrogens with zero attached hydrogens (tertiary/aromatic N) is 4. The van der Waals surface area contributed by atoms with Crippen LogP contribution in [0.25, 0.3) is 0 Å². The lowest BCUT2D eigenvalue weighted by atomic mass is 10.2. The Morgan fingerprint density at radius 2 is 2.00 bits per heavy atom. The zero-order chi connectivity index (χ0) is 21.9. The van der Waals surface area contributed by atoms with Crippen LogP contribution in [-0.2, 0) is 17.8 Å². The topological polar surface area (TPSA) is 75.9 Å². The van der Waals surface area contributed by atoms with Crippen LogP contribution in [0.3, 0.4) is 0 Å². The number of benzene rings is 1. The molecule has 1 aromatic heterocycles. The van der Waals surface area contributed by atoms with Crippen molar-refractivity contribution in [2.75, 3.05) is 53.0 Å². The smallest absolute Gasteiger partial charge is 0.191 e. The molecular formula is C23H36N6O2. The van der Waals surface area contributed by atoms with Gasteiger partial charge in [0.15, 0.2) is 5.96 Å². The van der Waals surface area contributed by atoms with Gasteiger partial charge < -0.3 is 20.1 Å². The first-order chi connectivity index (χ1) is 15.1. The molecule has 0 aliphatic carbocycles. The Hall–Kier alpha value is -2.58. The molecule has 0 amide bonds. The first kappa shape index (κ1) is 23.1. The number of nitrogens with one attached hydrogen (secondary N) is 2. The molecule has 3 rings (SSSR count). The Kier molecular flexibility index (Phi) is 9.17. The number of ether oxygens (including phenoxy) is 2. The Morgan fingerprint density at radius 3 is 2.74 bits per heavy atom. The van der Waals surface area contributed by atoms with Crippen LogP contribution >= 0.6 is 0 Å². The molecule has 1 aliphatic rings. The third-order valence-electron chi connectivity index (χ3n) is 5.30. The second-order valence-electron chi connectivity index (χ2n) is 7.81. The second kappa shape index (κ2) is 12.3. The van der Waals surface area contributed by atoms with Crippen molar-refractivity contribution in [1.29, 1.82) is 0 Å². The first-order valence-corrected chi connectivity index (χ1v) is 11.1. The van der Waals surface area contributed by atoms with E-state index < -0.39 is 0 Å². The zero-order valence-corrected chi connectivity index (χ0v) is 19.1. The average Bonchev–Trinajstić information content (AvgIpc) is 3.11. The fraction of sp³-hybridized carbons (Fsp3) is 0.565. The van der Waals surface area contributed by atoms with Gasteiger partial charge in [-0.1, -0.05) is 12.1 Å². The lowest BCUT2D eigenvalue weighted by molar-refractivity contribution is 0.0322. The standard InChI is InChI=1S/C23H36N6O2/c1-19-16-20(2)29(27-19)9-5-8-25-23(24-3)26-18-21-6-4-7-22(17-21)31-15-12-28-10-13-30-14-11-28/h4,6-7,16-17H,5,8-15,18H2,1-3H3,(H2,24,25,26). The fourth-order valence-corrected chi connectivity index (χ4v) is 3.61. The van der Waals surface area contributed by atoms with Gasteiger partial charge in [-0.25, -0.2) is 0 Å². The van der Waals surface area contributed by atoms with Crippen molar-refractivity contribution in [3.63, 3.8) is 0 Å². The summed E-state index contributed by atoms with van der Waals surface area (Å²) in [5.74, 6) is 1.70. The lowest BCUT2D eigenvalue weighted by Crippen LogP contribution is -2.38. The van der Waals surface area contributed by atoms with Gasteiger partial charge in [0, 0.05) is 52.0 Å². The van der Waals surface area contributed by atoms with Gasteiger partial charge in [-0.2, -0.15) is 5.10 Å². The molecule has 1 aromatic carbocycles. The Bertz CT molecular complexity index is 829. The minimum Gasteiger partial charge on any atom is -0.492 e. The van der Waals surface area contributed by atoms with Crippen molar-refractivity contribution < 1.29 is 9.47 Å². The molecule has 0 saturated carbocycles. The summed E-state index contributed by atoms with van der Waals surface area (Å²) in [6.07, 6.45) is 0.981. The van der Waals surface area contributed by atoms with Crippen molar-refractivity contribution >= 4 is 5.96 Å². The molecule has 8 heteroatoms. The molecule has 1 saturated heterocycles. The van der Waals surface area contributed by atoms with E-state index in [0.717, 1.165) is 75.3 Å². The van der Waals surface area contributed by atoms with Crippen LogP contribution in [0.5, 0.6) is 5.75 Å². The summed E-state index contributed by atoms with van der Waals surface area (Å²) in [5.41, 5.74) is 3.43. The van der Waals surface area contributed by atoms with Crippen molar-refractivity contribution in [3.05, 3.63) is 47.3 Å². The predicted molar refractivity (Wildman–Crippen MR) is 124 cm³/mol. The molecule has 2 N–H and O–H groups in total. The normalized spacial score (nSPS) is 15.1. The van der Waals surface area contributed by atoms with Crippen LogP contribution < -0.4 is 15.4 Å². The molecule has 31 heavy (non-hydrogen) atoms. The summed E-state index contributed by atoms with van der Waals surface area (Å²) in [6.45, 7) is 11.8. The van der Waals surface area contributed by atoms with Crippen LogP contribution in [0, 0.1) is 13.8 Å². The molecule has 2 aromatic rings. The highest BCUT2D eigenvalue weighted by Crippen LogP contribution is 2.13. The highest BCUT2D eigenvalue weighted by Gasteiger charge is 2.10. The molecule has 0 spiro atoms. The number of rotatable bonds is 10. The number of guanidine groups is 1. The van der Waals surface area contributed by atoms with Crippen molar-refractivity contribution in [1.82, 2.24) is 25.3 Å². The molecule has 2 heterocycles. The van der Waals surface area contributed by atoms with Crippen LogP contribution in [0.4, 0.5) is 0 Å². The molecule has 1 aliphatic heterocycles. The summed E-state index contributed by atoms with van der Waals surface area (Å²) < 4.78 is 13.4. The summed E-state index contributed by atoms with van der Waals surface area (Å²) in [6, 6.07) is 10.3. The van der Waals surface area contributed by atoms with Gasteiger partial charge in [0.25, 0.3) is 0 Å². The van der Waals surface area contributed by atoms with E-state index in [2.05, 4.69) is 55.4 Å². The van der Waals surface area contributed by atoms with Gasteiger partial charge >= 0.3 is 0 Å². The maximum Gasteiger partial charge on any atom is 0.191 e. The molecular weight excluding hydrogens is 392 g/mol. The average molecular weight is 429 g/mol. The maximum absolute atomic E-state index is 5.95. The second-order valence-corrected chi connectivity index (χ2v) is 7.81. The lowest BCUT2D eigenvalue weighted by Gasteiger charge is -2.26. The predicted octanol–water partition coefficient (Wildman–Crippen LogP) is 1.97. The monoisotopic (exact) mass is 428 g/mol. The van der Waals surface area contributed by atoms with Gasteiger partial charge in [0.2, 0.25) is 0 Å². The SMILES string of the molecule is CN=C(NCCCn1nc(C)cc1C)NCc1cccc(OCCN2CCOCC2)c1. The van der Waals surface area contributed by atoms with E-state index in [0.29, 0.717) is 13.2 Å². The van der Waals surface area contributed by atoms with Gasteiger partial charge in [-0.3, -0.25) is 14.6 Å². The zero-order valence-electron chi connectivity index (χ0n) is 19.1. The Labute approximate surface area is 185 Å². The number of aryl methyl sites for hydroxylation is 3. The van der Waals surface area contributed by atoms with Gasteiger partial charge in [-0.15, -0.1) is 0 Å². The highest BCUT2D eigenvalue weighted by atomic mass is 16.5. The fourth-order valence-electron chi connectivity index (χ4n) is 3.61. The van der Waals surface area contributed by atoms with E-state index >= 15 is 0 Å². The molecule has 0 bridgehead atoms. The van der Waals surface area contributed by atoms with E-state index in [4.69, 9.17) is 9.47 Å². The highest BCUT2D eigenvalue weighted by molar-refractivity contribution is 5.79. The Balaban J connectivity index is 1.35. The van der Waals surface area contributed by atoms with E-state index in [-0.39, 0.29) is 0 Å². The van der Waals surface area contributed by atoms with Crippen LogP contribution in [0.15, 0.2) is 35.3 Å². The molecule has 0 atom stereocenters. The quantitative estimate of drug-likeness (QED) is 0.342. The largest absolute Gasteiger partial charge is 0.492 e. The summed E-state index contributed by atoms with van der Waals surface area (Å²) in [7, 11) is 1.79. The summed E-state index contributed by atoms with van der Waals surface area (Å²) in [4.78, 5) is 6.69. The maximum atomic E-state index is 5.95. The van der Waals surface area contributed by atoms with Gasteiger partial charge in [0.1, 0.15) is 12.4 Å². The van der Waals surface area contributed by atoms with Crippen LogP contribution in [-0.4, -0.2) is 73.7 Å². The molecule has 0 unspecified atom stereocenters. The van der Waals surface area contributed by atoms with Gasteiger partial charge in [-0.05, 0) is 44.0 Å². The molecule has 8 nitrogen and oxygen atoms in total. The number of hydrogen-bond acceptors (Lipinski definition) is 5. The van der Waals surface area contributed by atoms with Crippen LogP contribution in [0.1, 0.15) is 23.4 Å². The van der Waals surface area contributed by atoms with Crippen LogP contribution in [0.2, 0.25) is 0 Å². The minimum absolute atomic E-state index is 0.690. The van der Waals surface area contributed by atoms with Crippen molar-refractivity contribution in [2.45, 2.75) is 33.4 Å². The van der Waals surface area contributed by atoms with E-state index in [1.807, 2.05) is 19.1 Å². The first-order valence-electron chi connectivity index (χ1n) is 11.1. The molecule has 1 fully saturated rings. The van der Waals surface area contributed by atoms with Crippen molar-refractivity contribution in [2.24, 2.45) is 4.99 Å². The third kappa shape index (κ3) is 7.88. The number of aliphatic imine (C=N–C) groups is 1. The third-order valence-corrected chi connectivity index (χ3v) is 5.30. The molecule has 0 radical (unpaired) electrons. The molecule has 170 valence electrons.